The summed E-state index contributed by atoms with van der Waals surface area (Å²) < 4.78 is 26.9. The van der Waals surface area contributed by atoms with Crippen molar-refractivity contribution in [3.8, 4) is 28.8 Å². The van der Waals surface area contributed by atoms with Gasteiger partial charge in [0.25, 0.3) is 5.88 Å². The fourth-order valence-electron chi connectivity index (χ4n) is 6.12. The van der Waals surface area contributed by atoms with Crippen molar-refractivity contribution in [2.45, 2.75) is 64.3 Å². The zero-order chi connectivity index (χ0) is 32.4. The lowest BCUT2D eigenvalue weighted by molar-refractivity contribution is 0.00502. The third kappa shape index (κ3) is 8.42. The average molecular weight is 643 g/mol. The van der Waals surface area contributed by atoms with E-state index in [4.69, 9.17) is 24.0 Å². The van der Waals surface area contributed by atoms with E-state index in [1.807, 2.05) is 36.9 Å². The first-order valence-electron chi connectivity index (χ1n) is 16.3. The summed E-state index contributed by atoms with van der Waals surface area (Å²) in [5.41, 5.74) is 2.77. The minimum Gasteiger partial charge on any atom is -0.487 e. The topological polar surface area (TPSA) is 150 Å². The molecule has 3 aromatic heterocycles. The van der Waals surface area contributed by atoms with Gasteiger partial charge in [-0.1, -0.05) is 6.07 Å². The minimum absolute atomic E-state index is 0.229. The molecule has 0 unspecified atom stereocenters. The fraction of sp³-hybridized carbons (Fsp3) is 0.515. The summed E-state index contributed by atoms with van der Waals surface area (Å²) in [4.78, 5) is 15.7. The van der Waals surface area contributed by atoms with Crippen LogP contribution in [0.5, 0.6) is 11.6 Å². The number of nitrogens with one attached hydrogen (secondary N) is 1. The normalized spacial score (nSPS) is 19.2. The van der Waals surface area contributed by atoms with Crippen LogP contribution in [0.4, 0.5) is 11.6 Å². The molecule has 6 rings (SSSR count). The number of morpholine rings is 1. The molecular formula is C33H42N10O4. The molecule has 2 aliphatic rings. The highest BCUT2D eigenvalue weighted by Gasteiger charge is 2.29. The second kappa shape index (κ2) is 15.8. The van der Waals surface area contributed by atoms with E-state index in [1.54, 1.807) is 29.5 Å². The lowest BCUT2D eigenvalue weighted by Gasteiger charge is -2.38. The van der Waals surface area contributed by atoms with Crippen molar-refractivity contribution in [3.05, 3.63) is 55.0 Å². The molecule has 4 aromatic rings. The summed E-state index contributed by atoms with van der Waals surface area (Å²) in [6, 6.07) is 8.56. The van der Waals surface area contributed by atoms with Crippen LogP contribution in [0.1, 0.15) is 51.1 Å². The van der Waals surface area contributed by atoms with Gasteiger partial charge in [-0.25, -0.2) is 19.6 Å². The Morgan fingerprint density at radius 2 is 1.85 bits per heavy atom. The Balaban J connectivity index is 1.13. The van der Waals surface area contributed by atoms with Gasteiger partial charge >= 0.3 is 0 Å². The summed E-state index contributed by atoms with van der Waals surface area (Å²) in [7, 11) is 0. The lowest BCUT2D eigenvalue weighted by atomic mass is 9.90. The van der Waals surface area contributed by atoms with E-state index in [-0.39, 0.29) is 6.10 Å². The van der Waals surface area contributed by atoms with Crippen molar-refractivity contribution in [1.29, 1.82) is 5.26 Å². The van der Waals surface area contributed by atoms with Crippen molar-refractivity contribution in [2.24, 2.45) is 0 Å². The molecule has 1 aliphatic carbocycles. The number of hydrogen-bond acceptors (Lipinski definition) is 12. The van der Waals surface area contributed by atoms with Crippen LogP contribution >= 0.6 is 0 Å². The SMILES string of the molecule is CCOCCOc1nn([C@H]2CC[C@H](N3CCOCC3)CC2)cc1Nc1ncc(-c2ccc(C#N)c(O[C@@H](C)Cn3cncn3)c2)cn1. The molecule has 0 bridgehead atoms. The highest BCUT2D eigenvalue weighted by Crippen LogP contribution is 2.35. The Hall–Kier alpha value is -4.58. The van der Waals surface area contributed by atoms with E-state index < -0.39 is 0 Å². The van der Waals surface area contributed by atoms with Gasteiger partial charge in [0.15, 0.2) is 0 Å². The number of rotatable bonds is 14. The Kier molecular flexibility index (Phi) is 10.9. The smallest absolute Gasteiger partial charge is 0.257 e. The maximum absolute atomic E-state index is 9.66. The van der Waals surface area contributed by atoms with E-state index >= 15 is 0 Å². The molecule has 14 nitrogen and oxygen atoms in total. The van der Waals surface area contributed by atoms with Crippen molar-refractivity contribution >= 4 is 11.6 Å². The van der Waals surface area contributed by atoms with E-state index in [9.17, 15) is 5.26 Å². The second-order valence-electron chi connectivity index (χ2n) is 11.8. The van der Waals surface area contributed by atoms with Crippen molar-refractivity contribution in [3.63, 3.8) is 0 Å². The summed E-state index contributed by atoms with van der Waals surface area (Å²) in [5, 5.41) is 21.9. The van der Waals surface area contributed by atoms with Gasteiger partial charge in [0.1, 0.15) is 42.9 Å². The molecule has 1 saturated carbocycles. The molecule has 1 atom stereocenters. The van der Waals surface area contributed by atoms with Crippen LogP contribution in [0.3, 0.4) is 0 Å². The Bertz CT molecular complexity index is 1590. The van der Waals surface area contributed by atoms with Gasteiger partial charge < -0.3 is 24.3 Å². The van der Waals surface area contributed by atoms with Crippen LogP contribution in [0.15, 0.2) is 49.4 Å². The number of aromatic nitrogens is 7. The number of hydrogen-bond donors (Lipinski definition) is 1. The zero-order valence-electron chi connectivity index (χ0n) is 27.0. The molecule has 248 valence electrons. The molecule has 4 heterocycles. The predicted octanol–water partition coefficient (Wildman–Crippen LogP) is 4.25. The maximum atomic E-state index is 9.66. The number of nitrogens with zero attached hydrogens (tertiary/aromatic N) is 9. The minimum atomic E-state index is -0.229. The molecule has 1 aliphatic heterocycles. The third-order valence-electron chi connectivity index (χ3n) is 8.54. The molecular weight excluding hydrogens is 600 g/mol. The molecule has 1 N–H and O–H groups in total. The first-order valence-corrected chi connectivity index (χ1v) is 16.3. The van der Waals surface area contributed by atoms with E-state index in [1.165, 1.54) is 6.33 Å². The molecule has 14 heteroatoms. The van der Waals surface area contributed by atoms with Crippen LogP contribution in [0, 0.1) is 11.3 Å². The zero-order valence-corrected chi connectivity index (χ0v) is 27.0. The highest BCUT2D eigenvalue weighted by atomic mass is 16.5. The second-order valence-corrected chi connectivity index (χ2v) is 11.8. The van der Waals surface area contributed by atoms with Crippen molar-refractivity contribution < 1.29 is 18.9 Å². The van der Waals surface area contributed by atoms with Crippen LogP contribution < -0.4 is 14.8 Å². The van der Waals surface area contributed by atoms with Crippen molar-refractivity contribution in [1.82, 2.24) is 39.4 Å². The molecule has 47 heavy (non-hydrogen) atoms. The average Bonchev–Trinajstić information content (AvgIpc) is 3.77. The van der Waals surface area contributed by atoms with E-state index in [0.717, 1.165) is 63.1 Å². The molecule has 0 spiro atoms. The van der Waals surface area contributed by atoms with Gasteiger partial charge in [-0.3, -0.25) is 9.58 Å². The quantitative estimate of drug-likeness (QED) is 0.196. The molecule has 1 saturated heterocycles. The number of ether oxygens (including phenoxy) is 4. The van der Waals surface area contributed by atoms with Crippen LogP contribution in [0.2, 0.25) is 0 Å². The number of nitriles is 1. The highest BCUT2D eigenvalue weighted by molar-refractivity contribution is 5.67. The first kappa shape index (κ1) is 32.4. The lowest BCUT2D eigenvalue weighted by Crippen LogP contribution is -2.45. The van der Waals surface area contributed by atoms with Crippen LogP contribution in [-0.4, -0.2) is 97.7 Å². The number of anilines is 2. The van der Waals surface area contributed by atoms with Crippen molar-refractivity contribution in [2.75, 3.05) is 51.4 Å². The monoisotopic (exact) mass is 642 g/mol. The predicted molar refractivity (Wildman–Crippen MR) is 173 cm³/mol. The van der Waals surface area contributed by atoms with E-state index in [0.29, 0.717) is 67.3 Å². The van der Waals surface area contributed by atoms with Gasteiger partial charge in [-0.2, -0.15) is 10.4 Å². The standard InChI is InChI=1S/C33H42N10O4/c1-3-44-14-15-46-32-30(21-43(40-32)29-8-6-28(7-9-29)41-10-12-45-13-11-41)39-33-36-18-27(19-37-33)25-4-5-26(17-34)31(16-25)47-24(2)20-42-23-35-22-38-42/h4-5,16,18-19,21-24,28-29H,3,6-15,20H2,1-2H3,(H,36,37,39)/t24-,28-,29-/m0/s1. The van der Waals surface area contributed by atoms with Gasteiger partial charge in [0.2, 0.25) is 5.95 Å². The molecule has 0 radical (unpaired) electrons. The third-order valence-corrected chi connectivity index (χ3v) is 8.54. The van der Waals surface area contributed by atoms with E-state index in [2.05, 4.69) is 36.3 Å². The Morgan fingerprint density at radius 1 is 1.06 bits per heavy atom. The molecule has 0 amide bonds. The molecule has 2 fully saturated rings. The summed E-state index contributed by atoms with van der Waals surface area (Å²) in [5.74, 6) is 1.41. The van der Waals surface area contributed by atoms with Gasteiger partial charge in [0.05, 0.1) is 44.2 Å². The molecule has 1 aromatic carbocycles. The summed E-state index contributed by atoms with van der Waals surface area (Å²) >= 11 is 0. The fourth-order valence-corrected chi connectivity index (χ4v) is 6.12. The Morgan fingerprint density at radius 3 is 2.57 bits per heavy atom. The van der Waals surface area contributed by atoms with Gasteiger partial charge in [-0.05, 0) is 57.2 Å². The summed E-state index contributed by atoms with van der Waals surface area (Å²) in [6.45, 7) is 9.58. The van der Waals surface area contributed by atoms with Gasteiger partial charge in [-0.15, -0.1) is 5.10 Å². The number of benzene rings is 1. The summed E-state index contributed by atoms with van der Waals surface area (Å²) in [6.07, 6.45) is 12.8. The largest absolute Gasteiger partial charge is 0.487 e. The Labute approximate surface area is 274 Å². The maximum Gasteiger partial charge on any atom is 0.257 e. The van der Waals surface area contributed by atoms with Gasteiger partial charge in [0, 0.05) is 43.7 Å². The van der Waals surface area contributed by atoms with Crippen LogP contribution in [0.25, 0.3) is 11.1 Å². The first-order chi connectivity index (χ1) is 23.1. The van der Waals surface area contributed by atoms with Crippen LogP contribution in [-0.2, 0) is 16.0 Å².